The number of nitrogens with zero attached hydrogens (tertiary/aromatic N) is 4. The van der Waals surface area contributed by atoms with E-state index in [0.29, 0.717) is 48.2 Å². The van der Waals surface area contributed by atoms with Gasteiger partial charge in [-0.1, -0.05) is 31.6 Å². The Bertz CT molecular complexity index is 1020. The zero-order chi connectivity index (χ0) is 25.0. The number of para-hydroxylation sites is 1. The van der Waals surface area contributed by atoms with Crippen LogP contribution in [0.1, 0.15) is 38.5 Å². The van der Waals surface area contributed by atoms with Crippen molar-refractivity contribution >= 4 is 28.9 Å². The summed E-state index contributed by atoms with van der Waals surface area (Å²) in [5, 5.41) is 11.2. The summed E-state index contributed by atoms with van der Waals surface area (Å²) in [6, 6.07) is 9.97. The number of anilines is 2. The van der Waals surface area contributed by atoms with Gasteiger partial charge in [-0.15, -0.1) is 10.2 Å². The predicted molar refractivity (Wildman–Crippen MR) is 139 cm³/mol. The molecule has 1 fully saturated rings. The minimum Gasteiger partial charge on any atom is -0.459 e. The van der Waals surface area contributed by atoms with E-state index in [0.717, 1.165) is 25.9 Å². The van der Waals surface area contributed by atoms with Gasteiger partial charge >= 0.3 is 0 Å². The number of nitrogens with one attached hydrogen (secondary N) is 1. The monoisotopic (exact) mass is 480 g/mol. The summed E-state index contributed by atoms with van der Waals surface area (Å²) in [6.07, 6.45) is 5.86. The summed E-state index contributed by atoms with van der Waals surface area (Å²) in [6.45, 7) is 7.46. The van der Waals surface area contributed by atoms with Gasteiger partial charge in [-0.3, -0.25) is 9.69 Å². The lowest BCUT2D eigenvalue weighted by Crippen LogP contribution is -2.35. The van der Waals surface area contributed by atoms with Gasteiger partial charge in [0.25, 0.3) is 0 Å². The molecule has 0 radical (unpaired) electrons. The van der Waals surface area contributed by atoms with Gasteiger partial charge in [0.2, 0.25) is 5.91 Å². The maximum absolute atomic E-state index is 12.3. The summed E-state index contributed by atoms with van der Waals surface area (Å²) in [4.78, 5) is 18.8. The standard InChI is InChI=1S/C25H36N8O2/c1-18(17-33-15-7-2-8-16-33)35-22-11-4-3-10-20(22)31-32-21-12-13-23(29-24(21)28)30-25(34)19(27)9-5-6-14-26/h3-4,10-13,19H,1-2,5-9,14-17,26-27H2,(H3,28,29,30,34)/t19-/m0/s1. The number of aromatic nitrogens is 1. The van der Waals surface area contributed by atoms with Crippen LogP contribution in [0.4, 0.5) is 23.0 Å². The third-order valence-corrected chi connectivity index (χ3v) is 5.69. The fourth-order valence-electron chi connectivity index (χ4n) is 3.77. The highest BCUT2D eigenvalue weighted by atomic mass is 16.5. The number of nitrogen functional groups attached to an aromatic ring is 1. The van der Waals surface area contributed by atoms with Crippen LogP contribution in [0.15, 0.2) is 59.0 Å². The van der Waals surface area contributed by atoms with Crippen LogP contribution in [-0.2, 0) is 4.79 Å². The Labute approximate surface area is 206 Å². The molecular formula is C25H36N8O2. The lowest BCUT2D eigenvalue weighted by atomic mass is 10.1. The molecule has 1 aliphatic heterocycles. The molecule has 1 amide bonds. The molecule has 2 aromatic rings. The van der Waals surface area contributed by atoms with E-state index < -0.39 is 6.04 Å². The van der Waals surface area contributed by atoms with Gasteiger partial charge in [0.05, 0.1) is 12.6 Å². The number of carbonyl (C=O) groups excluding carboxylic acids is 1. The summed E-state index contributed by atoms with van der Waals surface area (Å²) < 4.78 is 5.98. The van der Waals surface area contributed by atoms with E-state index in [9.17, 15) is 4.79 Å². The third kappa shape index (κ3) is 8.43. The Morgan fingerprint density at radius 2 is 1.86 bits per heavy atom. The molecule has 10 heteroatoms. The normalized spacial score (nSPS) is 15.1. The minimum atomic E-state index is -0.634. The van der Waals surface area contributed by atoms with Crippen molar-refractivity contribution in [3.05, 3.63) is 48.7 Å². The van der Waals surface area contributed by atoms with E-state index in [4.69, 9.17) is 21.9 Å². The minimum absolute atomic E-state index is 0.135. The third-order valence-electron chi connectivity index (χ3n) is 5.69. The van der Waals surface area contributed by atoms with Crippen molar-refractivity contribution in [1.29, 1.82) is 0 Å². The molecule has 7 N–H and O–H groups in total. The number of carbonyl (C=O) groups is 1. The second-order valence-corrected chi connectivity index (χ2v) is 8.63. The van der Waals surface area contributed by atoms with Crippen LogP contribution in [0.5, 0.6) is 5.75 Å². The first kappa shape index (κ1) is 26.3. The summed E-state index contributed by atoms with van der Waals surface area (Å²) >= 11 is 0. The molecule has 0 unspecified atom stereocenters. The Morgan fingerprint density at radius 1 is 1.11 bits per heavy atom. The lowest BCUT2D eigenvalue weighted by molar-refractivity contribution is -0.117. The van der Waals surface area contributed by atoms with Crippen molar-refractivity contribution < 1.29 is 9.53 Å². The second-order valence-electron chi connectivity index (χ2n) is 8.63. The molecule has 3 rings (SSSR count). The van der Waals surface area contributed by atoms with Crippen molar-refractivity contribution in [2.75, 3.05) is 37.2 Å². The number of piperidine rings is 1. The Kier molecular flexibility index (Phi) is 10.1. The first-order valence-electron chi connectivity index (χ1n) is 12.1. The summed E-state index contributed by atoms with van der Waals surface area (Å²) in [7, 11) is 0. The smallest absolute Gasteiger partial charge is 0.242 e. The maximum atomic E-state index is 12.3. The Hall–Kier alpha value is -3.34. The molecular weight excluding hydrogens is 444 g/mol. The average Bonchev–Trinajstić information content (AvgIpc) is 2.85. The highest BCUT2D eigenvalue weighted by molar-refractivity contribution is 5.94. The molecule has 1 aromatic carbocycles. The molecule has 10 nitrogen and oxygen atoms in total. The van der Waals surface area contributed by atoms with Gasteiger partial charge in [0.15, 0.2) is 11.6 Å². The zero-order valence-corrected chi connectivity index (χ0v) is 20.2. The van der Waals surface area contributed by atoms with Crippen molar-refractivity contribution in [2.24, 2.45) is 21.7 Å². The van der Waals surface area contributed by atoms with Crippen molar-refractivity contribution in [3.63, 3.8) is 0 Å². The van der Waals surface area contributed by atoms with Gasteiger partial charge < -0.3 is 27.3 Å². The van der Waals surface area contributed by atoms with E-state index in [1.54, 1.807) is 18.2 Å². The lowest BCUT2D eigenvalue weighted by Gasteiger charge is -2.26. The zero-order valence-electron chi connectivity index (χ0n) is 20.2. The molecule has 1 aliphatic rings. The first-order valence-corrected chi connectivity index (χ1v) is 12.1. The number of rotatable bonds is 12. The van der Waals surface area contributed by atoms with Crippen molar-refractivity contribution in [1.82, 2.24) is 9.88 Å². The molecule has 1 aromatic heterocycles. The van der Waals surface area contributed by atoms with Crippen LogP contribution < -0.4 is 27.3 Å². The topological polar surface area (TPSA) is 157 Å². The Morgan fingerprint density at radius 3 is 2.60 bits per heavy atom. The van der Waals surface area contributed by atoms with Crippen LogP contribution in [0.25, 0.3) is 0 Å². The van der Waals surface area contributed by atoms with Crippen LogP contribution in [0.3, 0.4) is 0 Å². The molecule has 35 heavy (non-hydrogen) atoms. The van der Waals surface area contributed by atoms with E-state index in [-0.39, 0.29) is 11.7 Å². The molecule has 0 aliphatic carbocycles. The molecule has 0 spiro atoms. The number of likely N-dealkylation sites (tertiary alicyclic amines) is 1. The number of azo groups is 1. The number of hydrogen-bond acceptors (Lipinski definition) is 9. The van der Waals surface area contributed by atoms with Gasteiger partial charge in [0, 0.05) is 0 Å². The van der Waals surface area contributed by atoms with E-state index in [2.05, 4.69) is 32.0 Å². The molecule has 188 valence electrons. The van der Waals surface area contributed by atoms with Gasteiger partial charge in [0.1, 0.15) is 23.0 Å². The van der Waals surface area contributed by atoms with E-state index >= 15 is 0 Å². The number of nitrogens with two attached hydrogens (primary N) is 3. The van der Waals surface area contributed by atoms with Gasteiger partial charge in [-0.2, -0.15) is 0 Å². The molecule has 0 saturated carbocycles. The molecule has 0 bridgehead atoms. The van der Waals surface area contributed by atoms with Gasteiger partial charge in [-0.25, -0.2) is 4.98 Å². The molecule has 1 atom stereocenters. The first-order chi connectivity index (χ1) is 17.0. The highest BCUT2D eigenvalue weighted by Gasteiger charge is 2.15. The number of ether oxygens (including phenoxy) is 1. The number of amides is 1. The van der Waals surface area contributed by atoms with Crippen LogP contribution in [-0.4, -0.2) is 48.0 Å². The maximum Gasteiger partial charge on any atom is 0.242 e. The molecule has 2 heterocycles. The average molecular weight is 481 g/mol. The largest absolute Gasteiger partial charge is 0.459 e. The fourth-order valence-corrected chi connectivity index (χ4v) is 3.77. The molecule has 1 saturated heterocycles. The van der Waals surface area contributed by atoms with Crippen molar-refractivity contribution in [2.45, 2.75) is 44.6 Å². The van der Waals surface area contributed by atoms with E-state index in [1.165, 1.54) is 19.3 Å². The van der Waals surface area contributed by atoms with Crippen LogP contribution >= 0.6 is 0 Å². The second kappa shape index (κ2) is 13.5. The van der Waals surface area contributed by atoms with Crippen LogP contribution in [0, 0.1) is 0 Å². The SMILES string of the molecule is C=C(CN1CCCCC1)Oc1ccccc1N=Nc1ccc(NC(=O)[C@@H](N)CCCCN)nc1N. The Balaban J connectivity index is 1.60. The quantitative estimate of drug-likeness (QED) is 0.204. The number of unbranched alkanes of at least 4 members (excludes halogenated alkanes) is 1. The summed E-state index contributed by atoms with van der Waals surface area (Å²) in [5.74, 6) is 1.35. The summed E-state index contributed by atoms with van der Waals surface area (Å²) in [5.41, 5.74) is 18.4. The number of hydrogen-bond donors (Lipinski definition) is 4. The van der Waals surface area contributed by atoms with Crippen molar-refractivity contribution in [3.8, 4) is 5.75 Å². The van der Waals surface area contributed by atoms with E-state index in [1.807, 2.05) is 18.2 Å². The fraction of sp³-hybridized carbons (Fsp3) is 0.440. The van der Waals surface area contributed by atoms with Gasteiger partial charge in [-0.05, 0) is 69.6 Å². The number of pyridine rings is 1. The highest BCUT2D eigenvalue weighted by Crippen LogP contribution is 2.31. The number of benzene rings is 1. The predicted octanol–water partition coefficient (Wildman–Crippen LogP) is 3.85. The van der Waals surface area contributed by atoms with Crippen LogP contribution in [0.2, 0.25) is 0 Å².